The highest BCUT2D eigenvalue weighted by molar-refractivity contribution is 5.90. The molecule has 0 bridgehead atoms. The molecule has 0 fully saturated rings. The van der Waals surface area contributed by atoms with Gasteiger partial charge in [0.1, 0.15) is 5.75 Å². The normalized spacial score (nSPS) is 11.7. The quantitative estimate of drug-likeness (QED) is 0.525. The molecule has 0 amide bonds. The van der Waals surface area contributed by atoms with Crippen LogP contribution in [0.1, 0.15) is 41.4 Å². The van der Waals surface area contributed by atoms with E-state index in [9.17, 15) is 4.79 Å². The Morgan fingerprint density at radius 3 is 2.38 bits per heavy atom. The number of benzene rings is 3. The molecule has 29 heavy (non-hydrogen) atoms. The van der Waals surface area contributed by atoms with E-state index in [1.807, 2.05) is 24.3 Å². The predicted molar refractivity (Wildman–Crippen MR) is 116 cm³/mol. The Hall–Kier alpha value is -3.11. The smallest absolute Gasteiger partial charge is 0.338 e. The fraction of sp³-hybridized carbons (Fsp3) is 0.240. The number of nitrogens with one attached hydrogen (secondary N) is 1. The molecule has 3 rings (SSSR count). The largest absolute Gasteiger partial charge is 0.496 e. The molecule has 4 heteroatoms. The number of carbonyl (C=O) groups is 1. The van der Waals surface area contributed by atoms with E-state index in [-0.39, 0.29) is 12.0 Å². The van der Waals surface area contributed by atoms with Crippen molar-refractivity contribution in [3.63, 3.8) is 0 Å². The van der Waals surface area contributed by atoms with Crippen LogP contribution in [0.5, 0.6) is 5.75 Å². The zero-order valence-corrected chi connectivity index (χ0v) is 17.1. The molecule has 3 aromatic rings. The molecule has 0 spiro atoms. The minimum absolute atomic E-state index is 0.255. The number of rotatable bonds is 8. The van der Waals surface area contributed by atoms with Gasteiger partial charge in [0, 0.05) is 18.2 Å². The minimum Gasteiger partial charge on any atom is -0.496 e. The van der Waals surface area contributed by atoms with Crippen LogP contribution in [0.4, 0.5) is 0 Å². The average Bonchev–Trinajstić information content (AvgIpc) is 2.78. The third-order valence-electron chi connectivity index (χ3n) is 4.88. The van der Waals surface area contributed by atoms with Crippen molar-refractivity contribution >= 4 is 5.97 Å². The van der Waals surface area contributed by atoms with Crippen LogP contribution in [0, 0.1) is 0 Å². The molecule has 3 aromatic carbocycles. The third kappa shape index (κ3) is 5.24. The van der Waals surface area contributed by atoms with Crippen LogP contribution in [-0.2, 0) is 11.3 Å². The van der Waals surface area contributed by atoms with E-state index in [0.29, 0.717) is 12.2 Å². The molecule has 0 aliphatic heterocycles. The first-order chi connectivity index (χ1) is 14.1. The summed E-state index contributed by atoms with van der Waals surface area (Å²) in [5, 5.41) is 3.57. The maximum atomic E-state index is 11.9. The maximum Gasteiger partial charge on any atom is 0.338 e. The van der Waals surface area contributed by atoms with Crippen molar-refractivity contribution < 1.29 is 14.3 Å². The van der Waals surface area contributed by atoms with Gasteiger partial charge < -0.3 is 14.8 Å². The van der Waals surface area contributed by atoms with Crippen molar-refractivity contribution in [3.05, 3.63) is 89.5 Å². The number of methoxy groups -OCH3 is 1. The van der Waals surface area contributed by atoms with Crippen LogP contribution in [0.25, 0.3) is 11.1 Å². The summed E-state index contributed by atoms with van der Waals surface area (Å²) in [7, 11) is 1.67. The Kier molecular flexibility index (Phi) is 7.04. The van der Waals surface area contributed by atoms with E-state index in [1.165, 1.54) is 5.56 Å². The lowest BCUT2D eigenvalue weighted by atomic mass is 10.00. The molecule has 0 aliphatic rings. The molecule has 150 valence electrons. The Morgan fingerprint density at radius 1 is 1.00 bits per heavy atom. The van der Waals surface area contributed by atoms with Gasteiger partial charge in [0.15, 0.2) is 0 Å². The number of hydrogen-bond acceptors (Lipinski definition) is 4. The monoisotopic (exact) mass is 389 g/mol. The lowest BCUT2D eigenvalue weighted by molar-refractivity contribution is 0.0526. The van der Waals surface area contributed by atoms with Gasteiger partial charge >= 0.3 is 5.97 Å². The minimum atomic E-state index is -0.307. The second kappa shape index (κ2) is 9.89. The molecule has 0 radical (unpaired) electrons. The molecule has 4 nitrogen and oxygen atoms in total. The van der Waals surface area contributed by atoms with Crippen LogP contribution < -0.4 is 10.1 Å². The van der Waals surface area contributed by atoms with Gasteiger partial charge in [0.05, 0.1) is 19.3 Å². The summed E-state index contributed by atoms with van der Waals surface area (Å²) in [4.78, 5) is 11.9. The van der Waals surface area contributed by atoms with Crippen molar-refractivity contribution in [2.45, 2.75) is 26.4 Å². The average molecular weight is 389 g/mol. The van der Waals surface area contributed by atoms with Gasteiger partial charge in [-0.05, 0) is 54.8 Å². The topological polar surface area (TPSA) is 47.6 Å². The fourth-order valence-corrected chi connectivity index (χ4v) is 3.22. The predicted octanol–water partition coefficient (Wildman–Crippen LogP) is 5.39. The summed E-state index contributed by atoms with van der Waals surface area (Å²) in [5.41, 5.74) is 4.96. The van der Waals surface area contributed by atoms with E-state index < -0.39 is 0 Å². The standard InChI is InChI=1S/C25H27NO3/c1-4-29-25(27)22-13-11-21(12-14-22)23-16-19(10-15-24(23)28-3)17-26-18(2)20-8-6-5-7-9-20/h5-16,18,26H,4,17H2,1-3H3/t18-/m1/s1. The summed E-state index contributed by atoms with van der Waals surface area (Å²) in [5.74, 6) is 0.493. The first kappa shape index (κ1) is 20.6. The summed E-state index contributed by atoms with van der Waals surface area (Å²) in [6, 6.07) is 24.3. The Balaban J connectivity index is 1.77. The van der Waals surface area contributed by atoms with Crippen LogP contribution in [0.15, 0.2) is 72.8 Å². The number of ether oxygens (including phenoxy) is 2. The van der Waals surface area contributed by atoms with E-state index in [4.69, 9.17) is 9.47 Å². The zero-order chi connectivity index (χ0) is 20.6. The Bertz CT molecular complexity index is 936. The van der Waals surface area contributed by atoms with E-state index >= 15 is 0 Å². The summed E-state index contributed by atoms with van der Waals surface area (Å²) in [6.07, 6.45) is 0. The van der Waals surface area contributed by atoms with Gasteiger partial charge in [-0.3, -0.25) is 0 Å². The molecule has 0 aromatic heterocycles. The SMILES string of the molecule is CCOC(=O)c1ccc(-c2cc(CN[C@H](C)c3ccccc3)ccc2OC)cc1. The molecular formula is C25H27NO3. The first-order valence-electron chi connectivity index (χ1n) is 9.85. The van der Waals surface area contributed by atoms with Crippen molar-refractivity contribution in [1.29, 1.82) is 0 Å². The zero-order valence-electron chi connectivity index (χ0n) is 17.1. The van der Waals surface area contributed by atoms with Gasteiger partial charge in [-0.2, -0.15) is 0 Å². The highest BCUT2D eigenvalue weighted by atomic mass is 16.5. The molecule has 0 unspecified atom stereocenters. The van der Waals surface area contributed by atoms with Gasteiger partial charge in [0.25, 0.3) is 0 Å². The molecular weight excluding hydrogens is 362 g/mol. The maximum absolute atomic E-state index is 11.9. The van der Waals surface area contributed by atoms with Crippen molar-refractivity contribution in [2.75, 3.05) is 13.7 Å². The first-order valence-corrected chi connectivity index (χ1v) is 9.85. The van der Waals surface area contributed by atoms with Gasteiger partial charge in [0.2, 0.25) is 0 Å². The molecule has 0 saturated heterocycles. The van der Waals surface area contributed by atoms with Crippen LogP contribution >= 0.6 is 0 Å². The highest BCUT2D eigenvalue weighted by Crippen LogP contribution is 2.31. The molecule has 0 aliphatic carbocycles. The Labute approximate surface area is 172 Å². The van der Waals surface area contributed by atoms with E-state index in [0.717, 1.165) is 29.0 Å². The third-order valence-corrected chi connectivity index (χ3v) is 4.88. The second-order valence-electron chi connectivity index (χ2n) is 6.85. The molecule has 1 atom stereocenters. The van der Waals surface area contributed by atoms with Gasteiger partial charge in [-0.1, -0.05) is 48.5 Å². The lowest BCUT2D eigenvalue weighted by Gasteiger charge is -2.16. The lowest BCUT2D eigenvalue weighted by Crippen LogP contribution is -2.18. The van der Waals surface area contributed by atoms with Gasteiger partial charge in [-0.25, -0.2) is 4.79 Å². The fourth-order valence-electron chi connectivity index (χ4n) is 3.22. The highest BCUT2D eigenvalue weighted by Gasteiger charge is 2.11. The van der Waals surface area contributed by atoms with E-state index in [1.54, 1.807) is 26.2 Å². The number of carbonyl (C=O) groups excluding carboxylic acids is 1. The second-order valence-corrected chi connectivity index (χ2v) is 6.85. The van der Waals surface area contributed by atoms with Crippen molar-refractivity contribution in [1.82, 2.24) is 5.32 Å². The van der Waals surface area contributed by atoms with Crippen LogP contribution in [0.3, 0.4) is 0 Å². The van der Waals surface area contributed by atoms with Crippen LogP contribution in [0.2, 0.25) is 0 Å². The molecule has 0 heterocycles. The molecule has 1 N–H and O–H groups in total. The van der Waals surface area contributed by atoms with Crippen LogP contribution in [-0.4, -0.2) is 19.7 Å². The summed E-state index contributed by atoms with van der Waals surface area (Å²) in [6.45, 7) is 5.07. The summed E-state index contributed by atoms with van der Waals surface area (Å²) >= 11 is 0. The van der Waals surface area contributed by atoms with Gasteiger partial charge in [-0.15, -0.1) is 0 Å². The Morgan fingerprint density at radius 2 is 1.72 bits per heavy atom. The van der Waals surface area contributed by atoms with E-state index in [2.05, 4.69) is 48.6 Å². The van der Waals surface area contributed by atoms with Crippen molar-refractivity contribution in [2.24, 2.45) is 0 Å². The molecule has 0 saturated carbocycles. The number of esters is 1. The summed E-state index contributed by atoms with van der Waals surface area (Å²) < 4.78 is 10.6. The van der Waals surface area contributed by atoms with Crippen molar-refractivity contribution in [3.8, 4) is 16.9 Å². The number of hydrogen-bond donors (Lipinski definition) is 1.